The number of aliphatic hydroxyl groups is 1. The number of piperidine rings is 1. The lowest BCUT2D eigenvalue weighted by Crippen LogP contribution is -2.38. The van der Waals surface area contributed by atoms with Crippen LogP contribution in [0.4, 0.5) is 0 Å². The maximum Gasteiger partial charge on any atom is 0.137 e. The van der Waals surface area contributed by atoms with Gasteiger partial charge in [-0.25, -0.2) is 4.98 Å². The van der Waals surface area contributed by atoms with Crippen LogP contribution in [0.2, 0.25) is 0 Å². The van der Waals surface area contributed by atoms with Crippen molar-refractivity contribution >= 4 is 0 Å². The second-order valence-electron chi connectivity index (χ2n) is 6.98. The summed E-state index contributed by atoms with van der Waals surface area (Å²) in [5.41, 5.74) is -0.0628. The molecule has 0 aliphatic carbocycles. The normalized spacial score (nSPS) is 19.9. The lowest BCUT2D eigenvalue weighted by molar-refractivity contribution is -0.0204. The molecule has 0 aromatic carbocycles. The highest BCUT2D eigenvalue weighted by atomic mass is 16.5. The van der Waals surface area contributed by atoms with Gasteiger partial charge in [0.2, 0.25) is 0 Å². The number of imidazole rings is 1. The van der Waals surface area contributed by atoms with E-state index in [0.717, 1.165) is 44.9 Å². The van der Waals surface area contributed by atoms with Crippen molar-refractivity contribution in [2.45, 2.75) is 45.3 Å². The Balaban J connectivity index is 1.74. The molecule has 2 heterocycles. The van der Waals surface area contributed by atoms with E-state index in [2.05, 4.69) is 30.7 Å². The van der Waals surface area contributed by atoms with Gasteiger partial charge in [-0.2, -0.15) is 0 Å². The van der Waals surface area contributed by atoms with E-state index in [1.807, 2.05) is 17.8 Å². The maximum atomic E-state index is 10.5. The van der Waals surface area contributed by atoms with Crippen LogP contribution < -0.4 is 0 Å². The molecule has 1 saturated heterocycles. The molecule has 0 amide bonds. The molecule has 120 valence electrons. The van der Waals surface area contributed by atoms with Gasteiger partial charge in [0.1, 0.15) is 11.9 Å². The van der Waals surface area contributed by atoms with Gasteiger partial charge in [-0.1, -0.05) is 0 Å². The molecule has 1 aliphatic rings. The molecule has 5 nitrogen and oxygen atoms in total. The highest BCUT2D eigenvalue weighted by Crippen LogP contribution is 2.29. The van der Waals surface area contributed by atoms with E-state index in [-0.39, 0.29) is 5.60 Å². The van der Waals surface area contributed by atoms with Crippen LogP contribution in [-0.4, -0.2) is 51.4 Å². The second kappa shape index (κ2) is 6.90. The Morgan fingerprint density at radius 1 is 1.38 bits per heavy atom. The Labute approximate surface area is 127 Å². The SMILES string of the molecule is Cn1ccnc1C(O)C1CCN(CCOC(C)(C)C)CC1. The van der Waals surface area contributed by atoms with Gasteiger partial charge in [0, 0.05) is 26.0 Å². The van der Waals surface area contributed by atoms with E-state index < -0.39 is 6.10 Å². The average molecular weight is 295 g/mol. The van der Waals surface area contributed by atoms with Crippen molar-refractivity contribution in [2.75, 3.05) is 26.2 Å². The summed E-state index contributed by atoms with van der Waals surface area (Å²) in [5, 5.41) is 10.5. The summed E-state index contributed by atoms with van der Waals surface area (Å²) in [6.45, 7) is 10.1. The molecule has 5 heteroatoms. The van der Waals surface area contributed by atoms with E-state index in [0.29, 0.717) is 5.92 Å². The molecular weight excluding hydrogens is 266 g/mol. The fourth-order valence-corrected chi connectivity index (χ4v) is 2.85. The van der Waals surface area contributed by atoms with Gasteiger partial charge in [-0.3, -0.25) is 0 Å². The maximum absolute atomic E-state index is 10.5. The van der Waals surface area contributed by atoms with Gasteiger partial charge < -0.3 is 19.3 Å². The number of aromatic nitrogens is 2. The lowest BCUT2D eigenvalue weighted by Gasteiger charge is -2.34. The lowest BCUT2D eigenvalue weighted by atomic mass is 9.91. The van der Waals surface area contributed by atoms with Crippen molar-refractivity contribution in [1.29, 1.82) is 0 Å². The van der Waals surface area contributed by atoms with Gasteiger partial charge in [-0.05, 0) is 52.6 Å². The summed E-state index contributed by atoms with van der Waals surface area (Å²) in [6, 6.07) is 0. The number of hydrogen-bond donors (Lipinski definition) is 1. The molecular formula is C16H29N3O2. The molecule has 2 rings (SSSR count). The fourth-order valence-electron chi connectivity index (χ4n) is 2.85. The van der Waals surface area contributed by atoms with Crippen molar-refractivity contribution in [3.63, 3.8) is 0 Å². The van der Waals surface area contributed by atoms with E-state index >= 15 is 0 Å². The largest absolute Gasteiger partial charge is 0.385 e. The Hall–Kier alpha value is -0.910. The molecule has 0 radical (unpaired) electrons. The summed E-state index contributed by atoms with van der Waals surface area (Å²) in [6.07, 6.45) is 5.22. The average Bonchev–Trinajstić information content (AvgIpc) is 2.83. The molecule has 1 aromatic heterocycles. The molecule has 1 unspecified atom stereocenters. The number of aryl methyl sites for hydroxylation is 1. The van der Waals surface area contributed by atoms with Crippen molar-refractivity contribution in [2.24, 2.45) is 13.0 Å². The van der Waals surface area contributed by atoms with Crippen LogP contribution in [0.3, 0.4) is 0 Å². The van der Waals surface area contributed by atoms with Gasteiger partial charge in [0.05, 0.1) is 12.2 Å². The summed E-state index contributed by atoms with van der Waals surface area (Å²) in [4.78, 5) is 6.69. The Kier molecular flexibility index (Phi) is 5.41. The minimum Gasteiger partial charge on any atom is -0.385 e. The van der Waals surface area contributed by atoms with Gasteiger partial charge in [0.25, 0.3) is 0 Å². The Morgan fingerprint density at radius 3 is 2.57 bits per heavy atom. The molecule has 1 N–H and O–H groups in total. The quantitative estimate of drug-likeness (QED) is 0.902. The van der Waals surface area contributed by atoms with E-state index in [4.69, 9.17) is 4.74 Å². The number of nitrogens with zero attached hydrogens (tertiary/aromatic N) is 3. The number of hydrogen-bond acceptors (Lipinski definition) is 4. The molecule has 0 spiro atoms. The van der Waals surface area contributed by atoms with Crippen LogP contribution in [0, 0.1) is 5.92 Å². The summed E-state index contributed by atoms with van der Waals surface area (Å²) < 4.78 is 7.69. The van der Waals surface area contributed by atoms with Gasteiger partial charge >= 0.3 is 0 Å². The number of ether oxygens (including phenoxy) is 1. The molecule has 1 aromatic rings. The number of likely N-dealkylation sites (tertiary alicyclic amines) is 1. The zero-order valence-corrected chi connectivity index (χ0v) is 13.7. The first-order valence-corrected chi connectivity index (χ1v) is 7.88. The predicted octanol–water partition coefficient (Wildman–Crippen LogP) is 1.98. The van der Waals surface area contributed by atoms with Gasteiger partial charge in [0.15, 0.2) is 0 Å². The number of aliphatic hydroxyl groups excluding tert-OH is 1. The van der Waals surface area contributed by atoms with Crippen LogP contribution in [0.1, 0.15) is 45.5 Å². The van der Waals surface area contributed by atoms with E-state index in [1.54, 1.807) is 6.20 Å². The van der Waals surface area contributed by atoms with E-state index in [1.165, 1.54) is 0 Å². The number of rotatable bonds is 5. The van der Waals surface area contributed by atoms with Crippen LogP contribution in [0.5, 0.6) is 0 Å². The summed E-state index contributed by atoms with van der Waals surface area (Å²) >= 11 is 0. The topological polar surface area (TPSA) is 50.5 Å². The molecule has 1 aliphatic heterocycles. The third-order valence-corrected chi connectivity index (χ3v) is 4.14. The van der Waals surface area contributed by atoms with Crippen molar-refractivity contribution in [3.05, 3.63) is 18.2 Å². The van der Waals surface area contributed by atoms with Crippen molar-refractivity contribution < 1.29 is 9.84 Å². The molecule has 0 saturated carbocycles. The smallest absolute Gasteiger partial charge is 0.137 e. The van der Waals surface area contributed by atoms with Crippen LogP contribution in [-0.2, 0) is 11.8 Å². The van der Waals surface area contributed by atoms with Crippen molar-refractivity contribution in [1.82, 2.24) is 14.5 Å². The summed E-state index contributed by atoms with van der Waals surface area (Å²) in [7, 11) is 1.94. The zero-order chi connectivity index (χ0) is 15.5. The van der Waals surface area contributed by atoms with Crippen molar-refractivity contribution in [3.8, 4) is 0 Å². The minimum absolute atomic E-state index is 0.0628. The molecule has 1 fully saturated rings. The first kappa shape index (κ1) is 16.5. The highest BCUT2D eigenvalue weighted by molar-refractivity contribution is 4.98. The third kappa shape index (κ3) is 4.80. The monoisotopic (exact) mass is 295 g/mol. The predicted molar refractivity (Wildman–Crippen MR) is 83.0 cm³/mol. The minimum atomic E-state index is -0.446. The van der Waals surface area contributed by atoms with Crippen LogP contribution >= 0.6 is 0 Å². The van der Waals surface area contributed by atoms with Gasteiger partial charge in [-0.15, -0.1) is 0 Å². The first-order chi connectivity index (χ1) is 9.87. The molecule has 21 heavy (non-hydrogen) atoms. The third-order valence-electron chi connectivity index (χ3n) is 4.14. The molecule has 1 atom stereocenters. The zero-order valence-electron chi connectivity index (χ0n) is 13.7. The Morgan fingerprint density at radius 2 is 2.05 bits per heavy atom. The van der Waals surface area contributed by atoms with Crippen LogP contribution in [0.25, 0.3) is 0 Å². The first-order valence-electron chi connectivity index (χ1n) is 7.88. The van der Waals surface area contributed by atoms with Crippen LogP contribution in [0.15, 0.2) is 12.4 Å². The Bertz CT molecular complexity index is 431. The standard InChI is InChI=1S/C16H29N3O2/c1-16(2,3)21-12-11-19-8-5-13(6-9-19)14(20)15-17-7-10-18(15)4/h7,10,13-14,20H,5-6,8-9,11-12H2,1-4H3. The fraction of sp³-hybridized carbons (Fsp3) is 0.812. The highest BCUT2D eigenvalue weighted by Gasteiger charge is 2.28. The van der Waals surface area contributed by atoms with E-state index in [9.17, 15) is 5.11 Å². The summed E-state index contributed by atoms with van der Waals surface area (Å²) in [5.74, 6) is 1.09. The second-order valence-corrected chi connectivity index (χ2v) is 6.98. The molecule has 0 bridgehead atoms.